The van der Waals surface area contributed by atoms with Gasteiger partial charge in [-0.2, -0.15) is 0 Å². The van der Waals surface area contributed by atoms with Gasteiger partial charge in [-0.1, -0.05) is 18.6 Å². The fraction of sp³-hybridized carbons (Fsp3) is 0.632. The van der Waals surface area contributed by atoms with Crippen molar-refractivity contribution in [2.24, 2.45) is 16.1 Å². The molecule has 0 spiro atoms. The monoisotopic (exact) mass is 443 g/mol. The lowest BCUT2D eigenvalue weighted by atomic mass is 9.67. The van der Waals surface area contributed by atoms with Gasteiger partial charge in [0.25, 0.3) is 0 Å². The van der Waals surface area contributed by atoms with Crippen LogP contribution in [0.25, 0.3) is 0 Å². The molecule has 0 unspecified atom stereocenters. The van der Waals surface area contributed by atoms with Crippen molar-refractivity contribution < 1.29 is 4.74 Å². The van der Waals surface area contributed by atoms with E-state index in [0.717, 1.165) is 31.7 Å². The van der Waals surface area contributed by atoms with E-state index in [0.29, 0.717) is 11.4 Å². The van der Waals surface area contributed by atoms with Crippen molar-refractivity contribution in [1.82, 2.24) is 0 Å². The van der Waals surface area contributed by atoms with Crippen LogP contribution in [-0.4, -0.2) is 26.2 Å². The van der Waals surface area contributed by atoms with Gasteiger partial charge in [0.05, 0.1) is 0 Å². The van der Waals surface area contributed by atoms with Crippen molar-refractivity contribution in [1.29, 1.82) is 0 Å². The molecule has 5 heteroatoms. The Kier molecular flexibility index (Phi) is 7.34. The summed E-state index contributed by atoms with van der Waals surface area (Å²) in [5, 5.41) is 3.34. The largest absolute Gasteiger partial charge is 0.385 e. The van der Waals surface area contributed by atoms with Gasteiger partial charge in [-0.3, -0.25) is 4.99 Å². The maximum absolute atomic E-state index is 6.16. The molecule has 3 N–H and O–H groups in total. The minimum Gasteiger partial charge on any atom is -0.385 e. The third kappa shape index (κ3) is 4.63. The van der Waals surface area contributed by atoms with E-state index in [1.54, 1.807) is 7.11 Å². The summed E-state index contributed by atoms with van der Waals surface area (Å²) in [5.74, 6) is 0.549. The molecule has 0 amide bonds. The highest BCUT2D eigenvalue weighted by Crippen LogP contribution is 2.44. The molecular formula is C19H30IN3O. The summed E-state index contributed by atoms with van der Waals surface area (Å²) in [5.41, 5.74) is 10.5. The van der Waals surface area contributed by atoms with Crippen LogP contribution in [0.15, 0.2) is 23.2 Å². The van der Waals surface area contributed by atoms with Crippen LogP contribution < -0.4 is 11.1 Å². The number of halogens is 1. The lowest BCUT2D eigenvalue weighted by Gasteiger charge is -2.40. The first kappa shape index (κ1) is 19.5. The number of hydrogen-bond acceptors (Lipinski definition) is 2. The van der Waals surface area contributed by atoms with E-state index < -0.39 is 0 Å². The Balaban J connectivity index is 0.00000208. The van der Waals surface area contributed by atoms with E-state index in [1.165, 1.54) is 49.7 Å². The average molecular weight is 443 g/mol. The summed E-state index contributed by atoms with van der Waals surface area (Å²) in [6, 6.07) is 6.48. The molecule has 0 atom stereocenters. The number of nitrogens with two attached hydrogens (primary N) is 1. The van der Waals surface area contributed by atoms with Gasteiger partial charge in [0.1, 0.15) is 0 Å². The number of aryl methyl sites for hydroxylation is 1. The Morgan fingerprint density at radius 2 is 2.04 bits per heavy atom. The van der Waals surface area contributed by atoms with Gasteiger partial charge >= 0.3 is 0 Å². The molecule has 0 radical (unpaired) electrons. The van der Waals surface area contributed by atoms with Gasteiger partial charge in [-0.05, 0) is 67.6 Å². The molecule has 1 saturated carbocycles. The van der Waals surface area contributed by atoms with Gasteiger partial charge < -0.3 is 15.8 Å². The maximum Gasteiger partial charge on any atom is 0.193 e. The standard InChI is InChI=1S/C19H29N3O.HI/c1-23-13-12-19(10-5-11-19)14-21-18(20)22-17-9-4-7-15-6-2-3-8-16(15)17;/h4,7,9H,2-3,5-6,8,10-14H2,1H3,(H3,20,21,22);1H. The zero-order chi connectivity index (χ0) is 16.1. The predicted molar refractivity (Wildman–Crippen MR) is 111 cm³/mol. The number of hydrogen-bond donors (Lipinski definition) is 2. The van der Waals surface area contributed by atoms with Crippen LogP contribution in [-0.2, 0) is 17.6 Å². The fourth-order valence-corrected chi connectivity index (χ4v) is 3.81. The SMILES string of the molecule is COCCC1(CN=C(N)Nc2cccc3c2CCCC3)CCC1.I. The first-order valence-electron chi connectivity index (χ1n) is 8.89. The van der Waals surface area contributed by atoms with Crippen LogP contribution in [0, 0.1) is 5.41 Å². The average Bonchev–Trinajstić information content (AvgIpc) is 2.54. The Labute approximate surface area is 162 Å². The molecule has 1 aromatic carbocycles. The molecule has 1 fully saturated rings. The van der Waals surface area contributed by atoms with Gasteiger partial charge in [-0.25, -0.2) is 0 Å². The third-order valence-electron chi connectivity index (χ3n) is 5.49. The van der Waals surface area contributed by atoms with Gasteiger partial charge in [0.15, 0.2) is 5.96 Å². The molecule has 134 valence electrons. The van der Waals surface area contributed by atoms with E-state index in [-0.39, 0.29) is 24.0 Å². The topological polar surface area (TPSA) is 59.6 Å². The van der Waals surface area contributed by atoms with E-state index in [9.17, 15) is 0 Å². The Hall–Kier alpha value is -0.820. The van der Waals surface area contributed by atoms with E-state index >= 15 is 0 Å². The number of anilines is 1. The number of benzene rings is 1. The molecule has 4 nitrogen and oxygen atoms in total. The molecule has 1 aromatic rings. The Morgan fingerprint density at radius 3 is 2.75 bits per heavy atom. The summed E-state index contributed by atoms with van der Waals surface area (Å²) in [6.45, 7) is 1.62. The molecule has 0 aromatic heterocycles. The number of rotatable bonds is 6. The number of aliphatic imine (C=N–C) groups is 1. The van der Waals surface area contributed by atoms with Gasteiger partial charge in [0.2, 0.25) is 0 Å². The molecule has 0 saturated heterocycles. The van der Waals surface area contributed by atoms with Crippen molar-refractivity contribution >= 4 is 35.6 Å². The van der Waals surface area contributed by atoms with Crippen molar-refractivity contribution in [3.05, 3.63) is 29.3 Å². The first-order valence-corrected chi connectivity index (χ1v) is 8.89. The molecule has 2 aliphatic carbocycles. The van der Waals surface area contributed by atoms with Crippen LogP contribution in [0.3, 0.4) is 0 Å². The van der Waals surface area contributed by atoms with E-state index in [2.05, 4.69) is 28.5 Å². The highest BCUT2D eigenvalue weighted by atomic mass is 127. The summed E-state index contributed by atoms with van der Waals surface area (Å²) < 4.78 is 5.24. The molecule has 0 heterocycles. The summed E-state index contributed by atoms with van der Waals surface area (Å²) in [4.78, 5) is 4.64. The summed E-state index contributed by atoms with van der Waals surface area (Å²) in [6.07, 6.45) is 9.76. The summed E-state index contributed by atoms with van der Waals surface area (Å²) in [7, 11) is 1.77. The third-order valence-corrected chi connectivity index (χ3v) is 5.49. The van der Waals surface area contributed by atoms with Crippen molar-refractivity contribution in [2.45, 2.75) is 51.4 Å². The van der Waals surface area contributed by atoms with E-state index in [1.807, 2.05) is 0 Å². The first-order chi connectivity index (χ1) is 11.2. The van der Waals surface area contributed by atoms with Crippen LogP contribution in [0.1, 0.15) is 49.7 Å². The minimum atomic E-state index is 0. The fourth-order valence-electron chi connectivity index (χ4n) is 3.81. The maximum atomic E-state index is 6.16. The lowest BCUT2D eigenvalue weighted by molar-refractivity contribution is 0.0780. The number of guanidine groups is 1. The smallest absolute Gasteiger partial charge is 0.193 e. The highest BCUT2D eigenvalue weighted by molar-refractivity contribution is 14.0. The molecule has 2 aliphatic rings. The Bertz CT molecular complexity index is 570. The number of fused-ring (bicyclic) bond motifs is 1. The second kappa shape index (κ2) is 9.04. The number of ether oxygens (including phenoxy) is 1. The second-order valence-electron chi connectivity index (χ2n) is 7.07. The summed E-state index contributed by atoms with van der Waals surface area (Å²) >= 11 is 0. The number of nitrogens with zero attached hydrogens (tertiary/aromatic N) is 1. The Morgan fingerprint density at radius 1 is 1.25 bits per heavy atom. The van der Waals surface area contributed by atoms with Crippen LogP contribution >= 0.6 is 24.0 Å². The number of methoxy groups -OCH3 is 1. The highest BCUT2D eigenvalue weighted by Gasteiger charge is 2.36. The second-order valence-corrected chi connectivity index (χ2v) is 7.07. The quantitative estimate of drug-likeness (QED) is 0.395. The molecule has 24 heavy (non-hydrogen) atoms. The molecule has 0 bridgehead atoms. The molecule has 3 rings (SSSR count). The predicted octanol–water partition coefficient (Wildman–Crippen LogP) is 4.12. The van der Waals surface area contributed by atoms with Gasteiger partial charge in [0, 0.05) is 25.9 Å². The zero-order valence-corrected chi connectivity index (χ0v) is 17.0. The van der Waals surface area contributed by atoms with Crippen LogP contribution in [0.5, 0.6) is 0 Å². The number of nitrogens with one attached hydrogen (secondary N) is 1. The molecule has 0 aliphatic heterocycles. The van der Waals surface area contributed by atoms with Gasteiger partial charge in [-0.15, -0.1) is 24.0 Å². The lowest BCUT2D eigenvalue weighted by Crippen LogP contribution is -2.35. The van der Waals surface area contributed by atoms with Crippen LogP contribution in [0.4, 0.5) is 5.69 Å². The normalized spacial score (nSPS) is 19.0. The van der Waals surface area contributed by atoms with E-state index in [4.69, 9.17) is 10.5 Å². The molecular weight excluding hydrogens is 413 g/mol. The van der Waals surface area contributed by atoms with Crippen LogP contribution in [0.2, 0.25) is 0 Å². The van der Waals surface area contributed by atoms with Crippen molar-refractivity contribution in [3.63, 3.8) is 0 Å². The van der Waals surface area contributed by atoms with Crippen molar-refractivity contribution in [3.8, 4) is 0 Å². The van der Waals surface area contributed by atoms with Crippen molar-refractivity contribution in [2.75, 3.05) is 25.6 Å². The minimum absolute atomic E-state index is 0. The zero-order valence-electron chi connectivity index (χ0n) is 14.6.